The fraction of sp³-hybridized carbons (Fsp3) is 0.0385. The van der Waals surface area contributed by atoms with Crippen molar-refractivity contribution in [2.75, 3.05) is 0 Å². The minimum absolute atomic E-state index is 0.0823. The molecule has 2 heterocycles. The fourth-order valence-electron chi connectivity index (χ4n) is 3.12. The van der Waals surface area contributed by atoms with Crippen LogP contribution >= 0.6 is 0 Å². The highest BCUT2D eigenvalue weighted by Gasteiger charge is 2.16. The largest absolute Gasteiger partial charge is 0.453 e. The summed E-state index contributed by atoms with van der Waals surface area (Å²) >= 11 is 0. The molecule has 0 bridgehead atoms. The van der Waals surface area contributed by atoms with Crippen molar-refractivity contribution in [3.8, 4) is 11.5 Å². The minimum atomic E-state index is -0.535. The van der Waals surface area contributed by atoms with E-state index >= 15 is 0 Å². The maximum absolute atomic E-state index is 14.4. The fourth-order valence-corrected chi connectivity index (χ4v) is 3.12. The monoisotopic (exact) mass is 425 g/mol. The maximum atomic E-state index is 14.4. The highest BCUT2D eigenvalue weighted by atomic mass is 19.1. The standard InChI is InChI=1S/C26H20FN3O2/c27-22-17-19(11-13-24(22)32-21-9-6-15-28-18-21)12-14-25(31)30-26(20-7-2-1-3-8-20)23-10-4-5-16-29-23/h1-18,26H,(H,30,31)/b14-12+. The molecule has 0 saturated carbocycles. The van der Waals surface area contributed by atoms with E-state index in [1.165, 1.54) is 24.4 Å². The number of amides is 1. The van der Waals surface area contributed by atoms with Gasteiger partial charge in [-0.2, -0.15) is 0 Å². The number of ether oxygens (including phenoxy) is 1. The topological polar surface area (TPSA) is 64.1 Å². The third kappa shape index (κ3) is 5.43. The Labute approximate surface area is 185 Å². The first kappa shape index (κ1) is 20.9. The lowest BCUT2D eigenvalue weighted by Crippen LogP contribution is -2.28. The van der Waals surface area contributed by atoms with Crippen molar-refractivity contribution < 1.29 is 13.9 Å². The number of carbonyl (C=O) groups is 1. The van der Waals surface area contributed by atoms with Crippen LogP contribution in [0.5, 0.6) is 11.5 Å². The average Bonchev–Trinajstić information content (AvgIpc) is 2.84. The van der Waals surface area contributed by atoms with Crippen molar-refractivity contribution in [3.63, 3.8) is 0 Å². The van der Waals surface area contributed by atoms with Crippen LogP contribution in [-0.2, 0) is 4.79 Å². The van der Waals surface area contributed by atoms with Crippen LogP contribution in [0.2, 0.25) is 0 Å². The van der Waals surface area contributed by atoms with Crippen LogP contribution in [-0.4, -0.2) is 15.9 Å². The second-order valence-corrected chi connectivity index (χ2v) is 6.92. The van der Waals surface area contributed by atoms with Crippen molar-refractivity contribution in [2.24, 2.45) is 0 Å². The van der Waals surface area contributed by atoms with Gasteiger partial charge in [0.05, 0.1) is 17.9 Å². The summed E-state index contributed by atoms with van der Waals surface area (Å²) in [6.07, 6.45) is 7.72. The van der Waals surface area contributed by atoms with E-state index in [0.717, 1.165) is 11.3 Å². The molecule has 32 heavy (non-hydrogen) atoms. The molecule has 4 aromatic rings. The molecule has 0 aliphatic carbocycles. The summed E-state index contributed by atoms with van der Waals surface area (Å²) in [6, 6.07) is 22.6. The third-order valence-electron chi connectivity index (χ3n) is 4.65. The summed E-state index contributed by atoms with van der Waals surface area (Å²) < 4.78 is 19.9. The zero-order valence-corrected chi connectivity index (χ0v) is 17.1. The summed E-state index contributed by atoms with van der Waals surface area (Å²) in [5.41, 5.74) is 2.17. The first-order valence-electron chi connectivity index (χ1n) is 10.0. The lowest BCUT2D eigenvalue weighted by Gasteiger charge is -2.17. The van der Waals surface area contributed by atoms with Gasteiger partial charge in [-0.3, -0.25) is 14.8 Å². The van der Waals surface area contributed by atoms with Gasteiger partial charge >= 0.3 is 0 Å². The van der Waals surface area contributed by atoms with Crippen LogP contribution in [0.15, 0.2) is 104 Å². The number of pyridine rings is 2. The lowest BCUT2D eigenvalue weighted by atomic mass is 10.0. The van der Waals surface area contributed by atoms with Gasteiger partial charge < -0.3 is 10.1 Å². The number of rotatable bonds is 7. The molecule has 158 valence electrons. The predicted octanol–water partition coefficient (Wildman–Crippen LogP) is 5.33. The van der Waals surface area contributed by atoms with E-state index < -0.39 is 11.9 Å². The van der Waals surface area contributed by atoms with Gasteiger partial charge in [0.1, 0.15) is 5.75 Å². The SMILES string of the molecule is O=C(/C=C/c1ccc(Oc2cccnc2)c(F)c1)NC(c1ccccc1)c1ccccn1. The Morgan fingerprint density at radius 1 is 0.969 bits per heavy atom. The number of aromatic nitrogens is 2. The van der Waals surface area contributed by atoms with Gasteiger partial charge in [0, 0.05) is 18.5 Å². The van der Waals surface area contributed by atoms with E-state index in [2.05, 4.69) is 15.3 Å². The Bertz CT molecular complexity index is 1160. The van der Waals surface area contributed by atoms with Crippen molar-refractivity contribution in [1.29, 1.82) is 0 Å². The zero-order chi connectivity index (χ0) is 22.2. The van der Waals surface area contributed by atoms with Crippen LogP contribution in [0.3, 0.4) is 0 Å². The number of benzene rings is 2. The van der Waals surface area contributed by atoms with E-state index in [4.69, 9.17) is 4.74 Å². The number of halogens is 1. The number of hydrogen-bond donors (Lipinski definition) is 1. The Kier molecular flexibility index (Phi) is 6.63. The van der Waals surface area contributed by atoms with Crippen molar-refractivity contribution in [2.45, 2.75) is 6.04 Å². The first-order valence-corrected chi connectivity index (χ1v) is 10.0. The molecule has 4 rings (SSSR count). The number of carbonyl (C=O) groups excluding carboxylic acids is 1. The van der Waals surface area contributed by atoms with Crippen LogP contribution < -0.4 is 10.1 Å². The number of hydrogen-bond acceptors (Lipinski definition) is 4. The molecule has 0 spiro atoms. The molecular formula is C26H20FN3O2. The van der Waals surface area contributed by atoms with Gasteiger partial charge in [-0.05, 0) is 53.6 Å². The predicted molar refractivity (Wildman–Crippen MR) is 120 cm³/mol. The van der Waals surface area contributed by atoms with Gasteiger partial charge in [-0.1, -0.05) is 42.5 Å². The number of nitrogens with one attached hydrogen (secondary N) is 1. The van der Waals surface area contributed by atoms with Crippen molar-refractivity contribution in [1.82, 2.24) is 15.3 Å². The molecule has 1 N–H and O–H groups in total. The normalized spacial score (nSPS) is 11.8. The van der Waals surface area contributed by atoms with Crippen LogP contribution in [0.25, 0.3) is 6.08 Å². The van der Waals surface area contributed by atoms with Gasteiger partial charge in [0.2, 0.25) is 5.91 Å². The van der Waals surface area contributed by atoms with Crippen LogP contribution in [0, 0.1) is 5.82 Å². The molecule has 0 aliphatic heterocycles. The Balaban J connectivity index is 1.46. The van der Waals surface area contributed by atoms with E-state index in [1.54, 1.807) is 36.7 Å². The van der Waals surface area contributed by atoms with Crippen molar-refractivity contribution >= 4 is 12.0 Å². The summed E-state index contributed by atoms with van der Waals surface area (Å²) in [4.78, 5) is 20.9. The molecule has 0 radical (unpaired) electrons. The van der Waals surface area contributed by atoms with Gasteiger partial charge in [-0.25, -0.2) is 4.39 Å². The second-order valence-electron chi connectivity index (χ2n) is 6.92. The second kappa shape index (κ2) is 10.1. The summed E-state index contributed by atoms with van der Waals surface area (Å²) in [5, 5.41) is 2.96. The molecule has 0 saturated heterocycles. The average molecular weight is 425 g/mol. The molecule has 2 aromatic heterocycles. The van der Waals surface area contributed by atoms with E-state index in [-0.39, 0.29) is 11.7 Å². The smallest absolute Gasteiger partial charge is 0.244 e. The molecular weight excluding hydrogens is 405 g/mol. The Hall–Kier alpha value is -4.32. The van der Waals surface area contributed by atoms with E-state index in [1.807, 2.05) is 48.5 Å². The van der Waals surface area contributed by atoms with Crippen molar-refractivity contribution in [3.05, 3.63) is 126 Å². The molecule has 0 fully saturated rings. The Morgan fingerprint density at radius 3 is 2.53 bits per heavy atom. The quantitative estimate of drug-likeness (QED) is 0.407. The number of nitrogens with zero attached hydrogens (tertiary/aromatic N) is 2. The summed E-state index contributed by atoms with van der Waals surface area (Å²) in [6.45, 7) is 0. The summed E-state index contributed by atoms with van der Waals surface area (Å²) in [5.74, 6) is -0.331. The van der Waals surface area contributed by atoms with Gasteiger partial charge in [0.25, 0.3) is 0 Å². The van der Waals surface area contributed by atoms with E-state index in [9.17, 15) is 9.18 Å². The highest BCUT2D eigenvalue weighted by molar-refractivity contribution is 5.92. The molecule has 1 unspecified atom stereocenters. The molecule has 1 atom stereocenters. The molecule has 0 aliphatic rings. The van der Waals surface area contributed by atoms with Gasteiger partial charge in [-0.15, -0.1) is 0 Å². The third-order valence-corrected chi connectivity index (χ3v) is 4.65. The van der Waals surface area contributed by atoms with Crippen LogP contribution in [0.1, 0.15) is 22.9 Å². The van der Waals surface area contributed by atoms with E-state index in [0.29, 0.717) is 11.3 Å². The Morgan fingerprint density at radius 2 is 1.81 bits per heavy atom. The highest BCUT2D eigenvalue weighted by Crippen LogP contribution is 2.25. The first-order chi connectivity index (χ1) is 15.7. The molecule has 2 aromatic carbocycles. The maximum Gasteiger partial charge on any atom is 0.244 e. The lowest BCUT2D eigenvalue weighted by molar-refractivity contribution is -0.116. The minimum Gasteiger partial charge on any atom is -0.453 e. The zero-order valence-electron chi connectivity index (χ0n) is 17.1. The summed E-state index contributed by atoms with van der Waals surface area (Å²) in [7, 11) is 0. The van der Waals surface area contributed by atoms with Crippen LogP contribution in [0.4, 0.5) is 4.39 Å². The molecule has 1 amide bonds. The van der Waals surface area contributed by atoms with Gasteiger partial charge in [0.15, 0.2) is 11.6 Å². The molecule has 5 nitrogen and oxygen atoms in total. The molecule has 6 heteroatoms.